The van der Waals surface area contributed by atoms with Gasteiger partial charge in [-0.15, -0.1) is 0 Å². The number of anilines is 1. The van der Waals surface area contributed by atoms with Gasteiger partial charge >= 0.3 is 0 Å². The number of para-hydroxylation sites is 1. The molecule has 0 saturated heterocycles. The molecule has 0 atom stereocenters. The van der Waals surface area contributed by atoms with Crippen LogP contribution in [0.2, 0.25) is 0 Å². The number of hydrogen-bond donors (Lipinski definition) is 1. The molecule has 1 aromatic heterocycles. The lowest BCUT2D eigenvalue weighted by Crippen LogP contribution is -2.40. The molecule has 174 valence electrons. The molecule has 0 aliphatic carbocycles. The molecule has 7 nitrogen and oxygen atoms in total. The van der Waals surface area contributed by atoms with Gasteiger partial charge in [0.25, 0.3) is 10.0 Å². The lowest BCUT2D eigenvalue weighted by molar-refractivity contribution is -0.119. The maximum absolute atomic E-state index is 13.5. The summed E-state index contributed by atoms with van der Waals surface area (Å²) in [6.45, 7) is 1.58. The fourth-order valence-electron chi connectivity index (χ4n) is 3.45. The maximum Gasteiger partial charge on any atom is 0.264 e. The number of benzene rings is 3. The third-order valence-corrected chi connectivity index (χ3v) is 7.05. The minimum Gasteiger partial charge on any atom is -0.350 e. The van der Waals surface area contributed by atoms with Crippen LogP contribution in [-0.4, -0.2) is 30.4 Å². The van der Waals surface area contributed by atoms with Crippen molar-refractivity contribution >= 4 is 21.6 Å². The molecule has 0 fully saturated rings. The number of nitrogens with zero attached hydrogens (tertiary/aromatic N) is 3. The number of imidazole rings is 1. The molecule has 1 N–H and O–H groups in total. The highest BCUT2D eigenvalue weighted by atomic mass is 32.2. The van der Waals surface area contributed by atoms with Crippen LogP contribution in [0.4, 0.5) is 10.1 Å². The van der Waals surface area contributed by atoms with Crippen LogP contribution >= 0.6 is 0 Å². The topological polar surface area (TPSA) is 84.3 Å². The average Bonchev–Trinajstić information content (AvgIpc) is 3.37. The second kappa shape index (κ2) is 9.88. The summed E-state index contributed by atoms with van der Waals surface area (Å²) in [6, 6.07) is 18.8. The lowest BCUT2D eigenvalue weighted by atomic mass is 10.1. The van der Waals surface area contributed by atoms with E-state index in [1.807, 2.05) is 35.8 Å². The number of carbonyl (C=O) groups is 1. The molecule has 0 saturated carbocycles. The smallest absolute Gasteiger partial charge is 0.264 e. The Hall–Kier alpha value is -3.98. The van der Waals surface area contributed by atoms with Gasteiger partial charge in [0, 0.05) is 18.9 Å². The summed E-state index contributed by atoms with van der Waals surface area (Å²) in [5, 5.41) is 2.79. The van der Waals surface area contributed by atoms with Crippen LogP contribution in [0.25, 0.3) is 5.69 Å². The Labute approximate surface area is 197 Å². The van der Waals surface area contributed by atoms with Crippen LogP contribution in [-0.2, 0) is 21.4 Å². The monoisotopic (exact) mass is 478 g/mol. The van der Waals surface area contributed by atoms with Crippen molar-refractivity contribution in [3.05, 3.63) is 108 Å². The van der Waals surface area contributed by atoms with Crippen LogP contribution in [0.15, 0.2) is 96.4 Å². The SMILES string of the molecule is Cc1ccc(S(=O)(=O)N(CC(=O)NCc2ccccc2-n2ccnc2)c2ccc(F)cc2)cc1. The van der Waals surface area contributed by atoms with Crippen molar-refractivity contribution in [1.82, 2.24) is 14.9 Å². The number of sulfonamides is 1. The third kappa shape index (κ3) is 5.15. The number of aromatic nitrogens is 2. The Morgan fingerprint density at radius 2 is 1.74 bits per heavy atom. The third-order valence-electron chi connectivity index (χ3n) is 5.26. The number of carbonyl (C=O) groups excluding carboxylic acids is 1. The summed E-state index contributed by atoms with van der Waals surface area (Å²) < 4.78 is 43.1. The molecule has 34 heavy (non-hydrogen) atoms. The summed E-state index contributed by atoms with van der Waals surface area (Å²) in [7, 11) is -4.07. The van der Waals surface area contributed by atoms with Crippen molar-refractivity contribution in [2.45, 2.75) is 18.4 Å². The number of amides is 1. The Morgan fingerprint density at radius 1 is 1.03 bits per heavy atom. The Balaban J connectivity index is 1.57. The van der Waals surface area contributed by atoms with E-state index in [4.69, 9.17) is 0 Å². The second-order valence-electron chi connectivity index (χ2n) is 7.68. The van der Waals surface area contributed by atoms with Crippen LogP contribution in [0.3, 0.4) is 0 Å². The number of hydrogen-bond acceptors (Lipinski definition) is 4. The first-order valence-electron chi connectivity index (χ1n) is 10.5. The summed E-state index contributed by atoms with van der Waals surface area (Å²) in [6.07, 6.45) is 5.11. The van der Waals surface area contributed by atoms with Gasteiger partial charge in [-0.05, 0) is 55.0 Å². The highest BCUT2D eigenvalue weighted by molar-refractivity contribution is 7.92. The van der Waals surface area contributed by atoms with Crippen molar-refractivity contribution in [3.8, 4) is 5.69 Å². The molecule has 1 heterocycles. The predicted octanol–water partition coefficient (Wildman–Crippen LogP) is 3.83. The molecular weight excluding hydrogens is 455 g/mol. The Morgan fingerprint density at radius 3 is 2.41 bits per heavy atom. The van der Waals surface area contributed by atoms with Gasteiger partial charge in [0.15, 0.2) is 0 Å². The van der Waals surface area contributed by atoms with Gasteiger partial charge in [-0.1, -0.05) is 35.9 Å². The van der Waals surface area contributed by atoms with E-state index in [9.17, 15) is 17.6 Å². The van der Waals surface area contributed by atoms with Crippen molar-refractivity contribution in [2.24, 2.45) is 0 Å². The standard InChI is InChI=1S/C25H23FN4O3S/c1-19-6-12-23(13-7-19)34(32,33)30(22-10-8-21(26)9-11-22)17-25(31)28-16-20-4-2-3-5-24(20)29-15-14-27-18-29/h2-15,18H,16-17H2,1H3,(H,28,31). The number of aryl methyl sites for hydroxylation is 1. The maximum atomic E-state index is 13.5. The zero-order valence-electron chi connectivity index (χ0n) is 18.4. The average molecular weight is 479 g/mol. The summed E-state index contributed by atoms with van der Waals surface area (Å²) in [5.41, 5.74) is 2.78. The van der Waals surface area contributed by atoms with Gasteiger partial charge < -0.3 is 9.88 Å². The molecule has 0 spiro atoms. The van der Waals surface area contributed by atoms with Crippen LogP contribution in [0, 0.1) is 12.7 Å². The summed E-state index contributed by atoms with van der Waals surface area (Å²) in [4.78, 5) is 17.0. The van der Waals surface area contributed by atoms with E-state index >= 15 is 0 Å². The second-order valence-corrected chi connectivity index (χ2v) is 9.54. The van der Waals surface area contributed by atoms with Crippen molar-refractivity contribution in [3.63, 3.8) is 0 Å². The molecule has 0 aliphatic heterocycles. The van der Waals surface area contributed by atoms with Gasteiger partial charge in [0.05, 0.1) is 22.6 Å². The summed E-state index contributed by atoms with van der Waals surface area (Å²) in [5.74, 6) is -1.00. The number of nitrogens with one attached hydrogen (secondary N) is 1. The number of rotatable bonds is 8. The van der Waals surface area contributed by atoms with E-state index < -0.39 is 28.3 Å². The molecule has 9 heteroatoms. The van der Waals surface area contributed by atoms with Crippen LogP contribution in [0.1, 0.15) is 11.1 Å². The van der Waals surface area contributed by atoms with E-state index in [0.29, 0.717) is 0 Å². The first-order valence-corrected chi connectivity index (χ1v) is 12.0. The molecule has 0 aliphatic rings. The molecule has 1 amide bonds. The van der Waals surface area contributed by atoms with Crippen molar-refractivity contribution < 1.29 is 17.6 Å². The van der Waals surface area contributed by atoms with Gasteiger partial charge in [-0.3, -0.25) is 9.10 Å². The molecule has 0 radical (unpaired) electrons. The van der Waals surface area contributed by atoms with Gasteiger partial charge in [-0.25, -0.2) is 17.8 Å². The van der Waals surface area contributed by atoms with E-state index in [0.717, 1.165) is 33.3 Å². The Bertz CT molecular complexity index is 1370. The fourth-order valence-corrected chi connectivity index (χ4v) is 4.87. The quantitative estimate of drug-likeness (QED) is 0.417. The lowest BCUT2D eigenvalue weighted by Gasteiger charge is -2.24. The van der Waals surface area contributed by atoms with E-state index in [1.54, 1.807) is 30.9 Å². The highest BCUT2D eigenvalue weighted by Crippen LogP contribution is 2.24. The molecule has 4 aromatic rings. The Kier molecular flexibility index (Phi) is 6.74. The molecule has 0 unspecified atom stereocenters. The van der Waals surface area contributed by atoms with Crippen molar-refractivity contribution in [2.75, 3.05) is 10.8 Å². The normalized spacial score (nSPS) is 11.2. The minimum absolute atomic E-state index is 0.0423. The fraction of sp³-hybridized carbons (Fsp3) is 0.120. The first-order chi connectivity index (χ1) is 16.3. The van der Waals surface area contributed by atoms with Gasteiger partial charge in [-0.2, -0.15) is 0 Å². The van der Waals surface area contributed by atoms with Crippen LogP contribution < -0.4 is 9.62 Å². The molecular formula is C25H23FN4O3S. The molecule has 3 aromatic carbocycles. The van der Waals surface area contributed by atoms with Gasteiger partial charge in [0.2, 0.25) is 5.91 Å². The van der Waals surface area contributed by atoms with Crippen LogP contribution in [0.5, 0.6) is 0 Å². The van der Waals surface area contributed by atoms with E-state index in [2.05, 4.69) is 10.3 Å². The largest absolute Gasteiger partial charge is 0.350 e. The van der Waals surface area contributed by atoms with E-state index in [-0.39, 0.29) is 17.1 Å². The van der Waals surface area contributed by atoms with Crippen molar-refractivity contribution in [1.29, 1.82) is 0 Å². The van der Waals surface area contributed by atoms with Gasteiger partial charge in [0.1, 0.15) is 12.4 Å². The summed E-state index contributed by atoms with van der Waals surface area (Å²) >= 11 is 0. The minimum atomic E-state index is -4.07. The molecule has 0 bridgehead atoms. The zero-order valence-corrected chi connectivity index (χ0v) is 19.2. The number of halogens is 1. The molecule has 4 rings (SSSR count). The van der Waals surface area contributed by atoms with E-state index in [1.165, 1.54) is 24.3 Å². The predicted molar refractivity (Wildman–Crippen MR) is 128 cm³/mol. The zero-order chi connectivity index (χ0) is 24.1. The first kappa shape index (κ1) is 23.2. The highest BCUT2D eigenvalue weighted by Gasteiger charge is 2.27.